The van der Waals surface area contributed by atoms with Crippen LogP contribution in [0.1, 0.15) is 63.0 Å². The second kappa shape index (κ2) is 11.9. The standard InChI is InChI=1S/C29H33N5O3S/c1-2-24(27(36)31-20-13-7-4-8-14-20)38-29-33-22-16-10-9-15-21(22)26-32-23(28(37)34(26)29)17-25(35)30-18-19-11-5-3-6-12-19/h3,5-6,9-12,15-16,20,23-24H,2,4,7-8,13-14,17-18H2,1H3,(H,30,35)(H,31,36)/t23-,24-/m1/s1. The van der Waals surface area contributed by atoms with Gasteiger partial charge in [-0.2, -0.15) is 0 Å². The molecule has 1 saturated carbocycles. The monoisotopic (exact) mass is 531 g/mol. The van der Waals surface area contributed by atoms with Crippen molar-refractivity contribution in [2.75, 3.05) is 0 Å². The van der Waals surface area contributed by atoms with Gasteiger partial charge in [0.25, 0.3) is 5.91 Å². The van der Waals surface area contributed by atoms with E-state index >= 15 is 0 Å². The largest absolute Gasteiger partial charge is 0.352 e. The van der Waals surface area contributed by atoms with Crippen LogP contribution in [0.5, 0.6) is 0 Å². The molecule has 5 rings (SSSR count). The highest BCUT2D eigenvalue weighted by Crippen LogP contribution is 2.35. The summed E-state index contributed by atoms with van der Waals surface area (Å²) >= 11 is 1.30. The van der Waals surface area contributed by atoms with E-state index in [9.17, 15) is 14.4 Å². The molecule has 3 amide bonds. The Morgan fingerprint density at radius 2 is 1.79 bits per heavy atom. The third-order valence-corrected chi connectivity index (χ3v) is 8.44. The van der Waals surface area contributed by atoms with Gasteiger partial charge in [0.1, 0.15) is 11.9 Å². The van der Waals surface area contributed by atoms with E-state index in [1.54, 1.807) is 0 Å². The number of aliphatic imine (C=N–C) groups is 2. The number of amides is 3. The molecule has 1 aliphatic carbocycles. The number of hydrogen-bond acceptors (Lipinski definition) is 6. The minimum Gasteiger partial charge on any atom is -0.352 e. The molecule has 0 aromatic heterocycles. The maximum atomic E-state index is 13.6. The number of carbonyl (C=O) groups is 3. The lowest BCUT2D eigenvalue weighted by atomic mass is 9.95. The summed E-state index contributed by atoms with van der Waals surface area (Å²) in [5, 5.41) is 6.15. The fourth-order valence-electron chi connectivity index (χ4n) is 5.05. The number of fused-ring (bicyclic) bond motifs is 3. The van der Waals surface area contributed by atoms with Gasteiger partial charge in [-0.3, -0.25) is 19.4 Å². The normalized spacial score (nSPS) is 19.7. The van der Waals surface area contributed by atoms with E-state index in [1.807, 2.05) is 61.5 Å². The third kappa shape index (κ3) is 5.83. The molecule has 1 fully saturated rings. The van der Waals surface area contributed by atoms with E-state index in [1.165, 1.54) is 23.1 Å². The van der Waals surface area contributed by atoms with Crippen molar-refractivity contribution in [2.45, 2.75) is 75.7 Å². The molecular weight excluding hydrogens is 498 g/mol. The Kier molecular flexibility index (Phi) is 8.22. The Morgan fingerprint density at radius 1 is 1.05 bits per heavy atom. The van der Waals surface area contributed by atoms with Crippen LogP contribution in [0.25, 0.3) is 0 Å². The van der Waals surface area contributed by atoms with Crippen LogP contribution in [-0.4, -0.2) is 51.0 Å². The molecule has 0 bridgehead atoms. The van der Waals surface area contributed by atoms with Gasteiger partial charge in [-0.05, 0) is 37.0 Å². The SMILES string of the molecule is CC[C@@H](SC1=Nc2ccccc2C2=N[C@H](CC(=O)NCc3ccccc3)C(=O)N12)C(=O)NC1CCCCC1. The zero-order valence-corrected chi connectivity index (χ0v) is 22.4. The minimum atomic E-state index is -0.839. The van der Waals surface area contributed by atoms with Crippen molar-refractivity contribution in [3.63, 3.8) is 0 Å². The summed E-state index contributed by atoms with van der Waals surface area (Å²) in [5.74, 6) is -0.0632. The summed E-state index contributed by atoms with van der Waals surface area (Å²) in [6, 6.07) is 16.5. The second-order valence-electron chi connectivity index (χ2n) is 9.88. The summed E-state index contributed by atoms with van der Waals surface area (Å²) < 4.78 is 0. The van der Waals surface area contributed by atoms with Gasteiger partial charge in [0.15, 0.2) is 5.17 Å². The number of benzene rings is 2. The van der Waals surface area contributed by atoms with E-state index in [2.05, 4.69) is 15.6 Å². The predicted molar refractivity (Wildman–Crippen MR) is 150 cm³/mol. The number of rotatable bonds is 8. The fraction of sp³-hybridized carbons (Fsp3) is 0.414. The van der Waals surface area contributed by atoms with Gasteiger partial charge < -0.3 is 10.6 Å². The fourth-order valence-corrected chi connectivity index (χ4v) is 6.08. The van der Waals surface area contributed by atoms with E-state index in [4.69, 9.17) is 4.99 Å². The lowest BCUT2D eigenvalue weighted by molar-refractivity contribution is -0.128. The molecule has 3 aliphatic rings. The first-order valence-electron chi connectivity index (χ1n) is 13.4. The maximum Gasteiger partial charge on any atom is 0.259 e. The molecule has 2 aromatic carbocycles. The van der Waals surface area contributed by atoms with Crippen molar-refractivity contribution in [1.29, 1.82) is 0 Å². The predicted octanol–water partition coefficient (Wildman–Crippen LogP) is 4.31. The number of nitrogens with zero attached hydrogens (tertiary/aromatic N) is 3. The number of nitrogens with one attached hydrogen (secondary N) is 2. The van der Waals surface area contributed by atoms with E-state index in [0.29, 0.717) is 29.7 Å². The van der Waals surface area contributed by atoms with Gasteiger partial charge in [0.2, 0.25) is 11.8 Å². The lowest BCUT2D eigenvalue weighted by Gasteiger charge is -2.29. The third-order valence-electron chi connectivity index (χ3n) is 7.12. The van der Waals surface area contributed by atoms with Gasteiger partial charge in [-0.25, -0.2) is 9.89 Å². The molecule has 2 aliphatic heterocycles. The minimum absolute atomic E-state index is 0.0204. The summed E-state index contributed by atoms with van der Waals surface area (Å²) in [6.07, 6.45) is 6.07. The van der Waals surface area contributed by atoms with Crippen molar-refractivity contribution < 1.29 is 14.4 Å². The lowest BCUT2D eigenvalue weighted by Crippen LogP contribution is -2.45. The maximum absolute atomic E-state index is 13.6. The van der Waals surface area contributed by atoms with E-state index < -0.39 is 6.04 Å². The molecule has 198 valence electrons. The first-order chi connectivity index (χ1) is 18.5. The summed E-state index contributed by atoms with van der Waals surface area (Å²) in [6.45, 7) is 2.36. The Balaban J connectivity index is 1.31. The van der Waals surface area contributed by atoms with Crippen LogP contribution in [0.3, 0.4) is 0 Å². The highest BCUT2D eigenvalue weighted by atomic mass is 32.2. The Hall–Kier alpha value is -3.46. The molecule has 2 aromatic rings. The highest BCUT2D eigenvalue weighted by molar-refractivity contribution is 8.15. The number of thioether (sulfide) groups is 1. The molecule has 38 heavy (non-hydrogen) atoms. The van der Waals surface area contributed by atoms with Gasteiger partial charge in [-0.15, -0.1) is 0 Å². The molecule has 0 unspecified atom stereocenters. The molecule has 2 atom stereocenters. The van der Waals surface area contributed by atoms with Crippen LogP contribution in [0, 0.1) is 0 Å². The van der Waals surface area contributed by atoms with Crippen LogP contribution in [0.15, 0.2) is 64.6 Å². The van der Waals surface area contributed by atoms with Crippen molar-refractivity contribution >= 4 is 46.2 Å². The van der Waals surface area contributed by atoms with Crippen molar-refractivity contribution in [1.82, 2.24) is 15.5 Å². The number of amidine groups is 2. The topological polar surface area (TPSA) is 103 Å². The molecule has 9 heteroatoms. The van der Waals surface area contributed by atoms with Crippen LogP contribution in [0.2, 0.25) is 0 Å². The molecular formula is C29H33N5O3S. The van der Waals surface area contributed by atoms with Crippen molar-refractivity contribution in [2.24, 2.45) is 9.98 Å². The van der Waals surface area contributed by atoms with E-state index in [-0.39, 0.29) is 35.4 Å². The smallest absolute Gasteiger partial charge is 0.259 e. The van der Waals surface area contributed by atoms with Gasteiger partial charge in [0, 0.05) is 18.2 Å². The molecule has 8 nitrogen and oxygen atoms in total. The summed E-state index contributed by atoms with van der Waals surface area (Å²) in [7, 11) is 0. The quantitative estimate of drug-likeness (QED) is 0.530. The van der Waals surface area contributed by atoms with Gasteiger partial charge in [0.05, 0.1) is 17.4 Å². The van der Waals surface area contributed by atoms with Crippen LogP contribution >= 0.6 is 11.8 Å². The zero-order valence-electron chi connectivity index (χ0n) is 21.6. The number of hydrogen-bond donors (Lipinski definition) is 2. The second-order valence-corrected chi connectivity index (χ2v) is 11.0. The van der Waals surface area contributed by atoms with Crippen molar-refractivity contribution in [3.8, 4) is 0 Å². The first-order valence-corrected chi connectivity index (χ1v) is 14.3. The average Bonchev–Trinajstić information content (AvgIpc) is 3.27. The first kappa shape index (κ1) is 26.2. The van der Waals surface area contributed by atoms with Gasteiger partial charge >= 0.3 is 0 Å². The number of para-hydroxylation sites is 1. The molecule has 2 heterocycles. The average molecular weight is 532 g/mol. The molecule has 0 saturated heterocycles. The van der Waals surface area contributed by atoms with Crippen molar-refractivity contribution in [3.05, 3.63) is 65.7 Å². The van der Waals surface area contributed by atoms with Crippen LogP contribution < -0.4 is 10.6 Å². The Bertz CT molecular complexity index is 1260. The molecule has 2 N–H and O–H groups in total. The molecule has 0 radical (unpaired) electrons. The Morgan fingerprint density at radius 3 is 2.55 bits per heavy atom. The molecule has 0 spiro atoms. The summed E-state index contributed by atoms with van der Waals surface area (Å²) in [4.78, 5) is 50.4. The van der Waals surface area contributed by atoms with Gasteiger partial charge in [-0.1, -0.05) is 80.4 Å². The number of carbonyl (C=O) groups excluding carboxylic acids is 3. The highest BCUT2D eigenvalue weighted by Gasteiger charge is 2.43. The zero-order chi connectivity index (χ0) is 26.5. The van der Waals surface area contributed by atoms with Crippen LogP contribution in [-0.2, 0) is 20.9 Å². The van der Waals surface area contributed by atoms with Crippen LogP contribution in [0.4, 0.5) is 5.69 Å². The summed E-state index contributed by atoms with van der Waals surface area (Å²) in [5.41, 5.74) is 2.44. The Labute approximate surface area is 227 Å². The van der Waals surface area contributed by atoms with E-state index in [0.717, 1.165) is 36.8 Å².